The lowest BCUT2D eigenvalue weighted by Crippen LogP contribution is -2.58. The molecule has 2 saturated carbocycles. The first kappa shape index (κ1) is 12.9. The van der Waals surface area contributed by atoms with Crippen molar-refractivity contribution in [1.29, 1.82) is 0 Å². The van der Waals surface area contributed by atoms with Gasteiger partial charge in [-0.3, -0.25) is 0 Å². The summed E-state index contributed by atoms with van der Waals surface area (Å²) in [5.41, 5.74) is 0.662. The average molecular weight is 252 g/mol. The minimum atomic E-state index is -0.196. The molecule has 4 atom stereocenters. The summed E-state index contributed by atoms with van der Waals surface area (Å²) in [5, 5.41) is 9.86. The first-order chi connectivity index (χ1) is 8.45. The first-order valence-corrected chi connectivity index (χ1v) is 7.69. The maximum absolute atomic E-state index is 9.86. The van der Waals surface area contributed by atoms with Crippen LogP contribution >= 0.6 is 0 Å². The third-order valence-electron chi connectivity index (χ3n) is 6.63. The Balaban J connectivity index is 1.98. The van der Waals surface area contributed by atoms with E-state index >= 15 is 0 Å². The summed E-state index contributed by atoms with van der Waals surface area (Å²) in [6, 6.07) is 0. The predicted octanol–water partition coefficient (Wildman–Crippen LogP) is 3.38. The van der Waals surface area contributed by atoms with Crippen LogP contribution in [0.1, 0.15) is 59.3 Å². The van der Waals surface area contributed by atoms with Gasteiger partial charge >= 0.3 is 0 Å². The summed E-state index contributed by atoms with van der Waals surface area (Å²) in [4.78, 5) is 0. The zero-order valence-corrected chi connectivity index (χ0v) is 12.2. The monoisotopic (exact) mass is 252 g/mol. The van der Waals surface area contributed by atoms with Gasteiger partial charge in [0.15, 0.2) is 0 Å². The van der Waals surface area contributed by atoms with Gasteiger partial charge in [-0.05, 0) is 54.8 Å². The van der Waals surface area contributed by atoms with E-state index in [-0.39, 0.29) is 12.2 Å². The summed E-state index contributed by atoms with van der Waals surface area (Å²) in [6.07, 6.45) is 7.50. The van der Waals surface area contributed by atoms with E-state index in [2.05, 4.69) is 20.8 Å². The lowest BCUT2D eigenvalue weighted by molar-refractivity contribution is -0.170. The van der Waals surface area contributed by atoms with Gasteiger partial charge in [0.1, 0.15) is 0 Å². The van der Waals surface area contributed by atoms with Crippen molar-refractivity contribution < 1.29 is 9.84 Å². The molecule has 0 radical (unpaired) electrons. The maximum atomic E-state index is 9.86. The molecule has 0 bridgehead atoms. The van der Waals surface area contributed by atoms with Gasteiger partial charge in [0.05, 0.1) is 12.2 Å². The van der Waals surface area contributed by atoms with Crippen molar-refractivity contribution in [2.24, 2.45) is 22.7 Å². The van der Waals surface area contributed by atoms with Crippen LogP contribution in [0.25, 0.3) is 0 Å². The highest BCUT2D eigenvalue weighted by atomic mass is 16.5. The Bertz CT molecular complexity index is 338. The second-order valence-corrected chi connectivity index (χ2v) is 7.85. The highest BCUT2D eigenvalue weighted by molar-refractivity contribution is 5.10. The van der Waals surface area contributed by atoms with Crippen LogP contribution in [-0.4, -0.2) is 23.9 Å². The molecule has 1 aliphatic heterocycles. The molecule has 104 valence electrons. The third-order valence-corrected chi connectivity index (χ3v) is 6.63. The van der Waals surface area contributed by atoms with Gasteiger partial charge in [-0.15, -0.1) is 0 Å². The molecule has 1 saturated heterocycles. The van der Waals surface area contributed by atoms with E-state index in [1.165, 1.54) is 25.7 Å². The van der Waals surface area contributed by atoms with Gasteiger partial charge in [0.2, 0.25) is 0 Å². The molecule has 0 spiro atoms. The van der Waals surface area contributed by atoms with E-state index in [9.17, 15) is 5.11 Å². The minimum Gasteiger partial charge on any atom is -0.393 e. The molecule has 2 aliphatic carbocycles. The van der Waals surface area contributed by atoms with Crippen LogP contribution in [0.15, 0.2) is 0 Å². The maximum Gasteiger partial charge on any atom is 0.0946 e. The SMILES string of the molecule is CC1(C)CCC[C@@]2(C)[C@H]1CC[C@]1(CO)OCC[C@@H]12. The molecule has 1 N–H and O–H groups in total. The molecule has 3 rings (SSSR count). The van der Waals surface area contributed by atoms with Gasteiger partial charge < -0.3 is 9.84 Å². The van der Waals surface area contributed by atoms with E-state index in [0.717, 1.165) is 25.4 Å². The molecule has 3 aliphatic rings. The number of hydrogen-bond acceptors (Lipinski definition) is 2. The van der Waals surface area contributed by atoms with E-state index < -0.39 is 0 Å². The Labute approximate surface area is 111 Å². The zero-order chi connectivity index (χ0) is 13.0. The molecule has 0 aromatic carbocycles. The van der Waals surface area contributed by atoms with E-state index in [1.807, 2.05) is 0 Å². The van der Waals surface area contributed by atoms with Crippen LogP contribution in [-0.2, 0) is 4.74 Å². The molecular formula is C16H28O2. The Morgan fingerprint density at radius 2 is 1.83 bits per heavy atom. The minimum absolute atomic E-state index is 0.196. The molecule has 0 aromatic rings. The van der Waals surface area contributed by atoms with Crippen molar-refractivity contribution in [2.75, 3.05) is 13.2 Å². The molecule has 1 heterocycles. The van der Waals surface area contributed by atoms with Crippen molar-refractivity contribution in [3.8, 4) is 0 Å². The van der Waals surface area contributed by atoms with Crippen LogP contribution in [0.2, 0.25) is 0 Å². The molecule has 0 unspecified atom stereocenters. The Hall–Kier alpha value is -0.0800. The summed E-state index contributed by atoms with van der Waals surface area (Å²) in [7, 11) is 0. The van der Waals surface area contributed by atoms with E-state index in [1.54, 1.807) is 0 Å². The summed E-state index contributed by atoms with van der Waals surface area (Å²) in [6.45, 7) is 8.48. The fourth-order valence-electron chi connectivity index (χ4n) is 5.85. The van der Waals surface area contributed by atoms with Crippen LogP contribution in [0.4, 0.5) is 0 Å². The predicted molar refractivity (Wildman–Crippen MR) is 72.3 cm³/mol. The van der Waals surface area contributed by atoms with E-state index in [4.69, 9.17) is 4.74 Å². The second kappa shape index (κ2) is 3.96. The van der Waals surface area contributed by atoms with Gasteiger partial charge in [-0.2, -0.15) is 0 Å². The summed E-state index contributed by atoms with van der Waals surface area (Å²) >= 11 is 0. The lowest BCUT2D eigenvalue weighted by Gasteiger charge is -2.60. The van der Waals surface area contributed by atoms with Crippen molar-refractivity contribution >= 4 is 0 Å². The fourth-order valence-corrected chi connectivity index (χ4v) is 5.85. The Kier molecular flexibility index (Phi) is 2.84. The molecule has 2 nitrogen and oxygen atoms in total. The van der Waals surface area contributed by atoms with Gasteiger partial charge in [-0.1, -0.05) is 27.2 Å². The number of hydrogen-bond donors (Lipinski definition) is 1. The van der Waals surface area contributed by atoms with Crippen molar-refractivity contribution in [3.63, 3.8) is 0 Å². The van der Waals surface area contributed by atoms with Crippen molar-refractivity contribution in [2.45, 2.75) is 64.9 Å². The zero-order valence-electron chi connectivity index (χ0n) is 12.2. The van der Waals surface area contributed by atoms with Crippen LogP contribution in [0.5, 0.6) is 0 Å². The molecule has 0 amide bonds. The molecule has 3 fully saturated rings. The Morgan fingerprint density at radius 3 is 2.56 bits per heavy atom. The third kappa shape index (κ3) is 1.54. The van der Waals surface area contributed by atoms with Crippen LogP contribution in [0.3, 0.4) is 0 Å². The lowest BCUT2D eigenvalue weighted by atomic mass is 9.45. The van der Waals surface area contributed by atoms with Crippen LogP contribution < -0.4 is 0 Å². The highest BCUT2D eigenvalue weighted by Gasteiger charge is 2.61. The highest BCUT2D eigenvalue weighted by Crippen LogP contribution is 2.64. The van der Waals surface area contributed by atoms with E-state index in [0.29, 0.717) is 16.7 Å². The second-order valence-electron chi connectivity index (χ2n) is 7.85. The first-order valence-electron chi connectivity index (χ1n) is 7.69. The Morgan fingerprint density at radius 1 is 1.06 bits per heavy atom. The number of rotatable bonds is 1. The normalized spacial score (nSPS) is 50.7. The quantitative estimate of drug-likeness (QED) is 0.775. The number of fused-ring (bicyclic) bond motifs is 3. The molecular weight excluding hydrogens is 224 g/mol. The fraction of sp³-hybridized carbons (Fsp3) is 1.00. The summed E-state index contributed by atoms with van der Waals surface area (Å²) in [5.74, 6) is 1.39. The average Bonchev–Trinajstić information content (AvgIpc) is 2.73. The standard InChI is InChI=1S/C16H28O2/c1-14(2)7-4-8-15(3)12(14)5-9-16(11-17)13(15)6-10-18-16/h12-13,17H,4-11H2,1-3H3/t12-,13+,15-,16+/m0/s1. The largest absolute Gasteiger partial charge is 0.393 e. The topological polar surface area (TPSA) is 29.5 Å². The van der Waals surface area contributed by atoms with Gasteiger partial charge in [-0.25, -0.2) is 0 Å². The van der Waals surface area contributed by atoms with Gasteiger partial charge in [0.25, 0.3) is 0 Å². The van der Waals surface area contributed by atoms with Gasteiger partial charge in [0, 0.05) is 6.61 Å². The van der Waals surface area contributed by atoms with Crippen molar-refractivity contribution in [1.82, 2.24) is 0 Å². The smallest absolute Gasteiger partial charge is 0.0946 e. The van der Waals surface area contributed by atoms with Crippen LogP contribution in [0, 0.1) is 22.7 Å². The number of ether oxygens (including phenoxy) is 1. The van der Waals surface area contributed by atoms with Crippen molar-refractivity contribution in [3.05, 3.63) is 0 Å². The number of aliphatic hydroxyl groups excluding tert-OH is 1. The molecule has 2 heteroatoms. The number of aliphatic hydroxyl groups is 1. The summed E-state index contributed by atoms with van der Waals surface area (Å²) < 4.78 is 6.03. The molecule has 0 aromatic heterocycles. The molecule has 18 heavy (non-hydrogen) atoms.